The van der Waals surface area contributed by atoms with E-state index in [1.165, 1.54) is 6.07 Å². The predicted octanol–water partition coefficient (Wildman–Crippen LogP) is 2.63. The number of thioether (sulfide) groups is 1. The third-order valence-electron chi connectivity index (χ3n) is 2.09. The van der Waals surface area contributed by atoms with Crippen molar-refractivity contribution in [3.05, 3.63) is 23.9 Å². The second-order valence-electron chi connectivity index (χ2n) is 3.55. The van der Waals surface area contributed by atoms with Crippen LogP contribution in [0.5, 0.6) is 0 Å². The number of aliphatic hydroxyl groups is 1. The quantitative estimate of drug-likeness (QED) is 0.754. The molecular weight excluding hydrogens is 265 g/mol. The number of aromatic nitrogens is 1. The molecule has 102 valence electrons. The fourth-order valence-electron chi connectivity index (χ4n) is 1.19. The number of aliphatic hydroxyl groups excluding tert-OH is 1. The van der Waals surface area contributed by atoms with Gasteiger partial charge in [0.2, 0.25) is 0 Å². The summed E-state index contributed by atoms with van der Waals surface area (Å²) in [6.45, 7) is 0.815. The highest BCUT2D eigenvalue weighted by Gasteiger charge is 2.30. The standard InChI is InChI=1S/C11H15F3N2OS/c12-11(13,14)9-2-3-10(16-8-9)15-4-7-18-6-1-5-17/h2-3,8,17H,1,4-7H2,(H,15,16). The van der Waals surface area contributed by atoms with Crippen LogP contribution < -0.4 is 5.32 Å². The van der Waals surface area contributed by atoms with Crippen molar-refractivity contribution in [1.29, 1.82) is 0 Å². The van der Waals surface area contributed by atoms with Crippen LogP contribution in [0.2, 0.25) is 0 Å². The molecular formula is C11H15F3N2OS. The number of pyridine rings is 1. The van der Waals surface area contributed by atoms with Crippen molar-refractivity contribution in [2.75, 3.05) is 30.0 Å². The van der Waals surface area contributed by atoms with Gasteiger partial charge in [0.25, 0.3) is 0 Å². The van der Waals surface area contributed by atoms with Crippen molar-refractivity contribution in [1.82, 2.24) is 4.98 Å². The topological polar surface area (TPSA) is 45.1 Å². The SMILES string of the molecule is OCCCSCCNc1ccc(C(F)(F)F)cn1. The van der Waals surface area contributed by atoms with Crippen LogP contribution in [0, 0.1) is 0 Å². The first-order valence-corrected chi connectivity index (χ1v) is 6.65. The summed E-state index contributed by atoms with van der Waals surface area (Å²) in [6.07, 6.45) is -2.77. The molecule has 0 amide bonds. The first kappa shape index (κ1) is 15.1. The van der Waals surface area contributed by atoms with E-state index in [1.54, 1.807) is 11.8 Å². The van der Waals surface area contributed by atoms with E-state index in [0.29, 0.717) is 12.4 Å². The van der Waals surface area contributed by atoms with Gasteiger partial charge in [-0.1, -0.05) is 0 Å². The van der Waals surface area contributed by atoms with Gasteiger partial charge in [-0.15, -0.1) is 0 Å². The van der Waals surface area contributed by atoms with Crippen LogP contribution in [0.4, 0.5) is 19.0 Å². The second-order valence-corrected chi connectivity index (χ2v) is 4.77. The van der Waals surface area contributed by atoms with Crippen molar-refractivity contribution in [2.45, 2.75) is 12.6 Å². The van der Waals surface area contributed by atoms with Crippen molar-refractivity contribution in [3.63, 3.8) is 0 Å². The first-order chi connectivity index (χ1) is 8.54. The Morgan fingerprint density at radius 2 is 2.06 bits per heavy atom. The molecule has 0 aliphatic carbocycles. The van der Waals surface area contributed by atoms with Gasteiger partial charge in [-0.25, -0.2) is 4.98 Å². The molecule has 1 heterocycles. The Balaban J connectivity index is 2.27. The highest BCUT2D eigenvalue weighted by Crippen LogP contribution is 2.28. The zero-order chi connectivity index (χ0) is 13.4. The summed E-state index contributed by atoms with van der Waals surface area (Å²) < 4.78 is 36.8. The van der Waals surface area contributed by atoms with Crippen LogP contribution >= 0.6 is 11.8 Å². The Hall–Kier alpha value is -0.950. The van der Waals surface area contributed by atoms with Crippen LogP contribution in [0.15, 0.2) is 18.3 Å². The van der Waals surface area contributed by atoms with Gasteiger partial charge in [0.05, 0.1) is 5.56 Å². The van der Waals surface area contributed by atoms with Gasteiger partial charge < -0.3 is 10.4 Å². The molecule has 2 N–H and O–H groups in total. The van der Waals surface area contributed by atoms with E-state index in [1.807, 2.05) is 0 Å². The molecule has 3 nitrogen and oxygen atoms in total. The molecule has 0 radical (unpaired) electrons. The fraction of sp³-hybridized carbons (Fsp3) is 0.545. The number of anilines is 1. The number of hydrogen-bond acceptors (Lipinski definition) is 4. The molecule has 0 aliphatic rings. The minimum Gasteiger partial charge on any atom is -0.396 e. The molecule has 0 saturated heterocycles. The van der Waals surface area contributed by atoms with E-state index in [2.05, 4.69) is 10.3 Å². The number of nitrogens with one attached hydrogen (secondary N) is 1. The van der Waals surface area contributed by atoms with Crippen molar-refractivity contribution >= 4 is 17.6 Å². The third kappa shape index (κ3) is 5.59. The van der Waals surface area contributed by atoms with Crippen LogP contribution in [-0.4, -0.2) is 34.7 Å². The normalized spacial score (nSPS) is 11.6. The molecule has 18 heavy (non-hydrogen) atoms. The Labute approximate surface area is 108 Å². The summed E-state index contributed by atoms with van der Waals surface area (Å²) in [4.78, 5) is 3.70. The Bertz CT molecular complexity index is 343. The highest BCUT2D eigenvalue weighted by atomic mass is 32.2. The van der Waals surface area contributed by atoms with Crippen LogP contribution in [-0.2, 0) is 6.18 Å². The van der Waals surface area contributed by atoms with E-state index in [-0.39, 0.29) is 6.61 Å². The maximum absolute atomic E-state index is 12.3. The predicted molar refractivity (Wildman–Crippen MR) is 66.8 cm³/mol. The van der Waals surface area contributed by atoms with Gasteiger partial charge in [0.15, 0.2) is 0 Å². The molecule has 1 rings (SSSR count). The average Bonchev–Trinajstić information content (AvgIpc) is 2.33. The maximum Gasteiger partial charge on any atom is 0.417 e. The van der Waals surface area contributed by atoms with Crippen LogP contribution in [0.3, 0.4) is 0 Å². The number of hydrogen-bond donors (Lipinski definition) is 2. The summed E-state index contributed by atoms with van der Waals surface area (Å²) in [6, 6.07) is 2.33. The van der Waals surface area contributed by atoms with Gasteiger partial charge in [0.1, 0.15) is 5.82 Å². The van der Waals surface area contributed by atoms with Gasteiger partial charge in [0, 0.05) is 25.1 Å². The van der Waals surface area contributed by atoms with Crippen LogP contribution in [0.25, 0.3) is 0 Å². The highest BCUT2D eigenvalue weighted by molar-refractivity contribution is 7.99. The lowest BCUT2D eigenvalue weighted by molar-refractivity contribution is -0.137. The zero-order valence-corrected chi connectivity index (χ0v) is 10.5. The van der Waals surface area contributed by atoms with Crippen molar-refractivity contribution in [2.24, 2.45) is 0 Å². The van der Waals surface area contributed by atoms with Gasteiger partial charge in [-0.3, -0.25) is 0 Å². The molecule has 1 aromatic heterocycles. The Morgan fingerprint density at radius 1 is 1.28 bits per heavy atom. The van der Waals surface area contributed by atoms with Crippen molar-refractivity contribution in [3.8, 4) is 0 Å². The maximum atomic E-state index is 12.3. The van der Waals surface area contributed by atoms with E-state index in [4.69, 9.17) is 5.11 Å². The summed E-state index contributed by atoms with van der Waals surface area (Å²) in [5, 5.41) is 11.5. The van der Waals surface area contributed by atoms with Crippen molar-refractivity contribution < 1.29 is 18.3 Å². The molecule has 0 atom stereocenters. The largest absolute Gasteiger partial charge is 0.417 e. The minimum atomic E-state index is -4.34. The summed E-state index contributed by atoms with van der Waals surface area (Å²) in [7, 11) is 0. The summed E-state index contributed by atoms with van der Waals surface area (Å²) in [5.74, 6) is 2.13. The van der Waals surface area contributed by atoms with E-state index < -0.39 is 11.7 Å². The van der Waals surface area contributed by atoms with E-state index in [9.17, 15) is 13.2 Å². The molecule has 7 heteroatoms. The monoisotopic (exact) mass is 280 g/mol. The first-order valence-electron chi connectivity index (χ1n) is 5.50. The summed E-state index contributed by atoms with van der Waals surface area (Å²) >= 11 is 1.67. The lowest BCUT2D eigenvalue weighted by Gasteiger charge is -2.08. The number of alkyl halides is 3. The van der Waals surface area contributed by atoms with E-state index >= 15 is 0 Å². The third-order valence-corrected chi connectivity index (χ3v) is 3.16. The molecule has 0 aromatic carbocycles. The molecule has 0 aliphatic heterocycles. The number of halogens is 3. The lowest BCUT2D eigenvalue weighted by atomic mass is 10.3. The smallest absolute Gasteiger partial charge is 0.396 e. The van der Waals surface area contributed by atoms with Gasteiger partial charge >= 0.3 is 6.18 Å². The molecule has 0 bridgehead atoms. The molecule has 0 saturated carbocycles. The Kier molecular flexibility index (Phi) is 6.28. The molecule has 1 aromatic rings. The molecule has 0 spiro atoms. The number of nitrogens with zero attached hydrogens (tertiary/aromatic N) is 1. The van der Waals surface area contributed by atoms with E-state index in [0.717, 1.165) is 30.2 Å². The molecule has 0 fully saturated rings. The van der Waals surface area contributed by atoms with Gasteiger partial charge in [-0.05, 0) is 24.3 Å². The van der Waals surface area contributed by atoms with Gasteiger partial charge in [-0.2, -0.15) is 24.9 Å². The lowest BCUT2D eigenvalue weighted by Crippen LogP contribution is -2.09. The Morgan fingerprint density at radius 3 is 2.61 bits per heavy atom. The van der Waals surface area contributed by atoms with Crippen LogP contribution in [0.1, 0.15) is 12.0 Å². The minimum absolute atomic E-state index is 0.181. The summed E-state index contributed by atoms with van der Waals surface area (Å²) in [5.41, 5.74) is -0.745. The second kappa shape index (κ2) is 7.48. The average molecular weight is 280 g/mol. The number of rotatable bonds is 7. The fourth-order valence-corrected chi connectivity index (χ4v) is 1.97. The molecule has 0 unspecified atom stereocenters. The zero-order valence-electron chi connectivity index (χ0n) is 9.70.